The van der Waals surface area contributed by atoms with Gasteiger partial charge in [-0.25, -0.2) is 4.98 Å². The molecule has 4 heterocycles. The molecular weight excluding hydrogens is 460 g/mol. The van der Waals surface area contributed by atoms with E-state index < -0.39 is 5.97 Å². The van der Waals surface area contributed by atoms with Crippen molar-refractivity contribution in [1.82, 2.24) is 19.6 Å². The lowest BCUT2D eigenvalue weighted by atomic mass is 10.0. The first kappa shape index (κ1) is 24.3. The molecule has 2 aliphatic heterocycles. The van der Waals surface area contributed by atoms with E-state index in [-0.39, 0.29) is 18.3 Å². The van der Waals surface area contributed by atoms with E-state index in [9.17, 15) is 4.79 Å². The number of hydrogen-bond donors (Lipinski definition) is 1. The van der Waals surface area contributed by atoms with Crippen molar-refractivity contribution in [2.75, 3.05) is 26.2 Å². The minimum absolute atomic E-state index is 0.176. The van der Waals surface area contributed by atoms with Crippen LogP contribution in [0.5, 0.6) is 0 Å². The van der Waals surface area contributed by atoms with Gasteiger partial charge in [0.2, 0.25) is 0 Å². The quantitative estimate of drug-likeness (QED) is 0.478. The summed E-state index contributed by atoms with van der Waals surface area (Å²) in [4.78, 5) is 17.4. The lowest BCUT2D eigenvalue weighted by molar-refractivity contribution is -0.188. The molecule has 2 atom stereocenters. The topological polar surface area (TPSA) is 103 Å². The lowest BCUT2D eigenvalue weighted by Crippen LogP contribution is -2.50. The SMILES string of the molecule is C[C@H](OC1CCCCO1)c1nccn1Cc1cc(-c2ccc(C#CCN3CC(C(=O)O)C3)cc2)on1. The monoisotopic (exact) mass is 490 g/mol. The van der Waals surface area contributed by atoms with Crippen molar-refractivity contribution >= 4 is 5.97 Å². The highest BCUT2D eigenvalue weighted by Crippen LogP contribution is 2.25. The summed E-state index contributed by atoms with van der Waals surface area (Å²) in [6.45, 7) is 4.97. The number of aromatic nitrogens is 3. The molecule has 0 amide bonds. The maximum atomic E-state index is 10.9. The molecule has 0 bridgehead atoms. The van der Waals surface area contributed by atoms with Crippen LogP contribution in [0, 0.1) is 17.8 Å². The van der Waals surface area contributed by atoms with E-state index in [1.807, 2.05) is 52.9 Å². The first-order valence-electron chi connectivity index (χ1n) is 12.3. The van der Waals surface area contributed by atoms with Gasteiger partial charge in [-0.2, -0.15) is 0 Å². The van der Waals surface area contributed by atoms with Crippen molar-refractivity contribution in [3.63, 3.8) is 0 Å². The average Bonchev–Trinajstić information content (AvgIpc) is 3.51. The van der Waals surface area contributed by atoms with E-state index in [2.05, 4.69) is 22.0 Å². The number of carboxylic acid groups (broad SMARTS) is 1. The molecule has 3 aromatic rings. The van der Waals surface area contributed by atoms with Crippen LogP contribution in [-0.2, 0) is 20.8 Å². The van der Waals surface area contributed by atoms with Crippen LogP contribution in [-0.4, -0.2) is 63.2 Å². The Hall–Kier alpha value is -3.45. The number of likely N-dealkylation sites (tertiary alicyclic amines) is 1. The molecule has 2 aromatic heterocycles. The number of nitrogens with zero attached hydrogens (tertiary/aromatic N) is 4. The smallest absolute Gasteiger partial charge is 0.309 e. The predicted molar refractivity (Wildman–Crippen MR) is 131 cm³/mol. The van der Waals surface area contributed by atoms with Crippen LogP contribution < -0.4 is 0 Å². The molecule has 2 fully saturated rings. The van der Waals surface area contributed by atoms with Gasteiger partial charge in [0.1, 0.15) is 17.6 Å². The second kappa shape index (κ2) is 11.1. The van der Waals surface area contributed by atoms with Gasteiger partial charge in [-0.05, 0) is 50.5 Å². The molecule has 2 aliphatic rings. The van der Waals surface area contributed by atoms with E-state index in [1.54, 1.807) is 6.20 Å². The Balaban J connectivity index is 1.16. The molecule has 36 heavy (non-hydrogen) atoms. The highest BCUT2D eigenvalue weighted by Gasteiger charge is 2.31. The second-order valence-corrected chi connectivity index (χ2v) is 9.28. The van der Waals surface area contributed by atoms with Gasteiger partial charge in [0.15, 0.2) is 12.1 Å². The van der Waals surface area contributed by atoms with Gasteiger partial charge in [0.25, 0.3) is 0 Å². The molecule has 0 saturated carbocycles. The molecule has 0 aliphatic carbocycles. The zero-order chi connectivity index (χ0) is 24.9. The van der Waals surface area contributed by atoms with Gasteiger partial charge in [-0.3, -0.25) is 9.69 Å². The normalized spacial score (nSPS) is 19.3. The molecule has 1 aromatic carbocycles. The highest BCUT2D eigenvalue weighted by atomic mass is 16.7. The minimum atomic E-state index is -0.732. The number of carbonyl (C=O) groups is 1. The van der Waals surface area contributed by atoms with Crippen molar-refractivity contribution in [2.24, 2.45) is 5.92 Å². The summed E-state index contributed by atoms with van der Waals surface area (Å²) in [5, 5.41) is 13.2. The van der Waals surface area contributed by atoms with Crippen LogP contribution in [0.15, 0.2) is 47.2 Å². The Kier molecular flexibility index (Phi) is 7.47. The summed E-state index contributed by atoms with van der Waals surface area (Å²) in [6.07, 6.45) is 6.43. The zero-order valence-corrected chi connectivity index (χ0v) is 20.3. The first-order valence-corrected chi connectivity index (χ1v) is 12.3. The molecule has 1 unspecified atom stereocenters. The standard InChI is InChI=1S/C27H30N4O5/c1-19(35-25-6-2-3-14-34-25)26-28-11-13-31(26)18-23-15-24(36-29-23)21-9-7-20(8-10-21)5-4-12-30-16-22(17-30)27(32)33/h7-11,13,15,19,22,25H,2-3,6,12,14,16-18H2,1H3,(H,32,33)/t19-,25?/m0/s1. The van der Waals surface area contributed by atoms with Gasteiger partial charge in [-0.15, -0.1) is 0 Å². The number of rotatable bonds is 8. The third-order valence-electron chi connectivity index (χ3n) is 6.51. The number of ether oxygens (including phenoxy) is 2. The Morgan fingerprint density at radius 1 is 1.28 bits per heavy atom. The van der Waals surface area contributed by atoms with Crippen molar-refractivity contribution in [1.29, 1.82) is 0 Å². The molecule has 0 spiro atoms. The largest absolute Gasteiger partial charge is 0.481 e. The van der Waals surface area contributed by atoms with E-state index in [0.29, 0.717) is 31.9 Å². The predicted octanol–water partition coefficient (Wildman–Crippen LogP) is 3.56. The molecule has 5 rings (SSSR count). The van der Waals surface area contributed by atoms with Crippen molar-refractivity contribution < 1.29 is 23.9 Å². The number of aliphatic carboxylic acids is 1. The molecular formula is C27H30N4O5. The fraction of sp³-hybridized carbons (Fsp3) is 0.444. The number of hydrogen-bond acceptors (Lipinski definition) is 7. The van der Waals surface area contributed by atoms with Gasteiger partial charge >= 0.3 is 5.97 Å². The molecule has 0 radical (unpaired) electrons. The fourth-order valence-corrected chi connectivity index (χ4v) is 4.44. The number of carboxylic acids is 1. The maximum absolute atomic E-state index is 10.9. The Labute approximate surface area is 210 Å². The molecule has 9 nitrogen and oxygen atoms in total. The third-order valence-corrected chi connectivity index (χ3v) is 6.51. The highest BCUT2D eigenvalue weighted by molar-refractivity contribution is 5.71. The van der Waals surface area contributed by atoms with Crippen molar-refractivity contribution in [3.8, 4) is 23.2 Å². The summed E-state index contributed by atoms with van der Waals surface area (Å²) in [5.41, 5.74) is 2.61. The van der Waals surface area contributed by atoms with Crippen molar-refractivity contribution in [2.45, 2.75) is 45.1 Å². The first-order chi connectivity index (χ1) is 17.5. The summed E-state index contributed by atoms with van der Waals surface area (Å²) < 4.78 is 19.4. The van der Waals surface area contributed by atoms with Crippen LogP contribution in [0.4, 0.5) is 0 Å². The van der Waals surface area contributed by atoms with Crippen LogP contribution in [0.1, 0.15) is 49.4 Å². The Morgan fingerprint density at radius 3 is 2.86 bits per heavy atom. The fourth-order valence-electron chi connectivity index (χ4n) is 4.44. The van der Waals surface area contributed by atoms with Crippen LogP contribution >= 0.6 is 0 Å². The summed E-state index contributed by atoms with van der Waals surface area (Å²) in [6, 6.07) is 9.74. The molecule has 1 N–H and O–H groups in total. The second-order valence-electron chi connectivity index (χ2n) is 9.28. The zero-order valence-electron chi connectivity index (χ0n) is 20.3. The summed E-state index contributed by atoms with van der Waals surface area (Å²) >= 11 is 0. The number of imidazole rings is 1. The van der Waals surface area contributed by atoms with E-state index in [0.717, 1.165) is 48.5 Å². The van der Waals surface area contributed by atoms with Crippen LogP contribution in [0.25, 0.3) is 11.3 Å². The van der Waals surface area contributed by atoms with E-state index in [4.69, 9.17) is 19.1 Å². The van der Waals surface area contributed by atoms with Crippen LogP contribution in [0.3, 0.4) is 0 Å². The van der Waals surface area contributed by atoms with Crippen molar-refractivity contribution in [3.05, 3.63) is 59.8 Å². The van der Waals surface area contributed by atoms with E-state index >= 15 is 0 Å². The van der Waals surface area contributed by atoms with Gasteiger partial charge in [0.05, 0.1) is 19.0 Å². The van der Waals surface area contributed by atoms with Gasteiger partial charge in [0, 0.05) is 49.3 Å². The number of benzene rings is 1. The maximum Gasteiger partial charge on any atom is 0.309 e. The molecule has 9 heteroatoms. The summed E-state index contributed by atoms with van der Waals surface area (Å²) in [5.74, 6) is 6.77. The lowest BCUT2D eigenvalue weighted by Gasteiger charge is -2.34. The minimum Gasteiger partial charge on any atom is -0.481 e. The van der Waals surface area contributed by atoms with Gasteiger partial charge < -0.3 is 23.7 Å². The van der Waals surface area contributed by atoms with E-state index in [1.165, 1.54) is 0 Å². The Bertz CT molecular complexity index is 1230. The Morgan fingerprint density at radius 2 is 2.11 bits per heavy atom. The van der Waals surface area contributed by atoms with Gasteiger partial charge in [-0.1, -0.05) is 17.0 Å². The molecule has 2 saturated heterocycles. The average molecular weight is 491 g/mol. The molecule has 188 valence electrons. The summed E-state index contributed by atoms with van der Waals surface area (Å²) in [7, 11) is 0. The van der Waals surface area contributed by atoms with Crippen LogP contribution in [0.2, 0.25) is 0 Å². The third kappa shape index (κ3) is 5.85.